The monoisotopic (exact) mass is 288 g/mol. The molecule has 0 amide bonds. The molecule has 0 spiro atoms. The highest BCUT2D eigenvalue weighted by atomic mass is 19.1. The lowest BCUT2D eigenvalue weighted by molar-refractivity contribution is 0.301. The van der Waals surface area contributed by atoms with Crippen LogP contribution in [0.4, 0.5) is 4.39 Å². The first kappa shape index (κ1) is 15.4. The fourth-order valence-corrected chi connectivity index (χ4v) is 2.08. The standard InChI is InChI=1S/C17H21FN2O/c1-3-6-19-11-15-8-16(18)4-5-17(15)21-12-14-7-13(2)9-20-10-14/h4-5,7-10,19H,3,6,11-12H2,1-2H3. The zero-order chi connectivity index (χ0) is 15.1. The highest BCUT2D eigenvalue weighted by Crippen LogP contribution is 2.21. The molecule has 3 nitrogen and oxygen atoms in total. The van der Waals surface area contributed by atoms with Gasteiger partial charge in [0, 0.05) is 30.1 Å². The van der Waals surface area contributed by atoms with E-state index in [-0.39, 0.29) is 5.82 Å². The van der Waals surface area contributed by atoms with Crippen molar-refractivity contribution >= 4 is 0 Å². The van der Waals surface area contributed by atoms with Gasteiger partial charge < -0.3 is 10.1 Å². The first-order valence-electron chi connectivity index (χ1n) is 7.21. The van der Waals surface area contributed by atoms with E-state index < -0.39 is 0 Å². The lowest BCUT2D eigenvalue weighted by atomic mass is 10.2. The minimum atomic E-state index is -0.243. The van der Waals surface area contributed by atoms with E-state index in [2.05, 4.69) is 17.2 Å². The molecule has 1 N–H and O–H groups in total. The Hall–Kier alpha value is -1.94. The third-order valence-corrected chi connectivity index (χ3v) is 3.09. The minimum absolute atomic E-state index is 0.243. The van der Waals surface area contributed by atoms with Crippen LogP contribution in [0.1, 0.15) is 30.0 Å². The number of benzene rings is 1. The van der Waals surface area contributed by atoms with Crippen LogP contribution in [0.5, 0.6) is 5.75 Å². The topological polar surface area (TPSA) is 34.1 Å². The van der Waals surface area contributed by atoms with Gasteiger partial charge in [0.1, 0.15) is 18.2 Å². The molecule has 2 aromatic rings. The van der Waals surface area contributed by atoms with Crippen LogP contribution >= 0.6 is 0 Å². The number of pyridine rings is 1. The zero-order valence-corrected chi connectivity index (χ0v) is 12.5. The Morgan fingerprint density at radius 1 is 1.24 bits per heavy atom. The molecule has 1 aromatic carbocycles. The van der Waals surface area contributed by atoms with Gasteiger partial charge in [-0.05, 0) is 49.7 Å². The molecule has 21 heavy (non-hydrogen) atoms. The number of aromatic nitrogens is 1. The van der Waals surface area contributed by atoms with Gasteiger partial charge in [-0.2, -0.15) is 0 Å². The molecule has 0 aliphatic rings. The van der Waals surface area contributed by atoms with Crippen LogP contribution in [0.15, 0.2) is 36.7 Å². The average Bonchev–Trinajstić information content (AvgIpc) is 2.47. The Morgan fingerprint density at radius 3 is 2.86 bits per heavy atom. The number of aryl methyl sites for hydroxylation is 1. The number of hydrogen-bond acceptors (Lipinski definition) is 3. The summed E-state index contributed by atoms with van der Waals surface area (Å²) < 4.78 is 19.2. The summed E-state index contributed by atoms with van der Waals surface area (Å²) in [7, 11) is 0. The number of hydrogen-bond donors (Lipinski definition) is 1. The maximum Gasteiger partial charge on any atom is 0.124 e. The van der Waals surface area contributed by atoms with Gasteiger partial charge >= 0.3 is 0 Å². The first-order chi connectivity index (χ1) is 10.2. The zero-order valence-electron chi connectivity index (χ0n) is 12.5. The fraction of sp³-hybridized carbons (Fsp3) is 0.353. The molecule has 0 saturated heterocycles. The van der Waals surface area contributed by atoms with Crippen molar-refractivity contribution in [3.8, 4) is 5.75 Å². The third-order valence-electron chi connectivity index (χ3n) is 3.09. The van der Waals surface area contributed by atoms with Crippen LogP contribution in [0.3, 0.4) is 0 Å². The Kier molecular flexibility index (Phi) is 5.69. The van der Waals surface area contributed by atoms with Gasteiger partial charge in [0.2, 0.25) is 0 Å². The van der Waals surface area contributed by atoms with Crippen molar-refractivity contribution in [1.82, 2.24) is 10.3 Å². The maximum atomic E-state index is 13.4. The van der Waals surface area contributed by atoms with E-state index in [0.29, 0.717) is 18.9 Å². The minimum Gasteiger partial charge on any atom is -0.489 e. The summed E-state index contributed by atoms with van der Waals surface area (Å²) in [5.74, 6) is 0.467. The summed E-state index contributed by atoms with van der Waals surface area (Å²) >= 11 is 0. The van der Waals surface area contributed by atoms with Crippen LogP contribution < -0.4 is 10.1 Å². The summed E-state index contributed by atoms with van der Waals surface area (Å²) in [6.45, 7) is 6.03. The molecule has 0 bridgehead atoms. The second kappa shape index (κ2) is 7.74. The summed E-state index contributed by atoms with van der Waals surface area (Å²) in [5, 5.41) is 3.27. The van der Waals surface area contributed by atoms with Crippen LogP contribution in [-0.2, 0) is 13.2 Å². The predicted octanol–water partition coefficient (Wildman–Crippen LogP) is 3.61. The van der Waals surface area contributed by atoms with E-state index in [1.165, 1.54) is 12.1 Å². The average molecular weight is 288 g/mol. The molecule has 112 valence electrons. The van der Waals surface area contributed by atoms with Gasteiger partial charge in [-0.25, -0.2) is 4.39 Å². The molecular weight excluding hydrogens is 267 g/mol. The molecule has 0 aliphatic carbocycles. The van der Waals surface area contributed by atoms with E-state index in [4.69, 9.17) is 4.74 Å². The first-order valence-corrected chi connectivity index (χ1v) is 7.21. The molecule has 1 heterocycles. The van der Waals surface area contributed by atoms with Gasteiger partial charge in [-0.15, -0.1) is 0 Å². The van der Waals surface area contributed by atoms with Crippen molar-refractivity contribution < 1.29 is 9.13 Å². The molecule has 0 unspecified atom stereocenters. The lowest BCUT2D eigenvalue weighted by Gasteiger charge is -2.12. The third kappa shape index (κ3) is 4.83. The van der Waals surface area contributed by atoms with E-state index in [0.717, 1.165) is 29.7 Å². The number of nitrogens with one attached hydrogen (secondary N) is 1. The predicted molar refractivity (Wildman–Crippen MR) is 81.7 cm³/mol. The van der Waals surface area contributed by atoms with E-state index in [1.807, 2.05) is 19.2 Å². The van der Waals surface area contributed by atoms with Crippen molar-refractivity contribution in [2.45, 2.75) is 33.4 Å². The summed E-state index contributed by atoms with van der Waals surface area (Å²) in [6, 6.07) is 6.66. The second-order valence-electron chi connectivity index (χ2n) is 5.09. The molecular formula is C17H21FN2O. The molecule has 0 atom stereocenters. The van der Waals surface area contributed by atoms with Crippen LogP contribution in [0, 0.1) is 12.7 Å². The molecule has 0 radical (unpaired) electrons. The summed E-state index contributed by atoms with van der Waals surface area (Å²) in [4.78, 5) is 4.14. The quantitative estimate of drug-likeness (QED) is 0.790. The van der Waals surface area contributed by atoms with Gasteiger partial charge in [-0.1, -0.05) is 6.92 Å². The fourth-order valence-electron chi connectivity index (χ4n) is 2.08. The Labute approximate surface area is 125 Å². The SMILES string of the molecule is CCCNCc1cc(F)ccc1OCc1cncc(C)c1. The molecule has 1 aromatic heterocycles. The smallest absolute Gasteiger partial charge is 0.124 e. The molecule has 0 aliphatic heterocycles. The highest BCUT2D eigenvalue weighted by Gasteiger charge is 2.06. The van der Waals surface area contributed by atoms with Gasteiger partial charge in [-0.3, -0.25) is 4.98 Å². The van der Waals surface area contributed by atoms with Gasteiger partial charge in [0.25, 0.3) is 0 Å². The highest BCUT2D eigenvalue weighted by molar-refractivity contribution is 5.34. The van der Waals surface area contributed by atoms with Crippen LogP contribution in [-0.4, -0.2) is 11.5 Å². The van der Waals surface area contributed by atoms with E-state index >= 15 is 0 Å². The van der Waals surface area contributed by atoms with Gasteiger partial charge in [0.15, 0.2) is 0 Å². The molecule has 4 heteroatoms. The number of nitrogens with zero attached hydrogens (tertiary/aromatic N) is 1. The van der Waals surface area contributed by atoms with Crippen LogP contribution in [0.2, 0.25) is 0 Å². The Balaban J connectivity index is 2.04. The summed E-state index contributed by atoms with van der Waals surface area (Å²) in [5.41, 5.74) is 2.94. The number of halogens is 1. The normalized spacial score (nSPS) is 10.6. The van der Waals surface area contributed by atoms with E-state index in [1.54, 1.807) is 12.3 Å². The maximum absolute atomic E-state index is 13.4. The van der Waals surface area contributed by atoms with Crippen molar-refractivity contribution in [2.75, 3.05) is 6.54 Å². The van der Waals surface area contributed by atoms with Gasteiger partial charge in [0.05, 0.1) is 0 Å². The van der Waals surface area contributed by atoms with Crippen LogP contribution in [0.25, 0.3) is 0 Å². The number of rotatable bonds is 7. The molecule has 2 rings (SSSR count). The van der Waals surface area contributed by atoms with Crippen molar-refractivity contribution in [3.05, 3.63) is 59.2 Å². The largest absolute Gasteiger partial charge is 0.489 e. The Bertz CT molecular complexity index is 587. The summed E-state index contributed by atoms with van der Waals surface area (Å²) in [6.07, 6.45) is 4.63. The van der Waals surface area contributed by atoms with Crippen molar-refractivity contribution in [1.29, 1.82) is 0 Å². The lowest BCUT2D eigenvalue weighted by Crippen LogP contribution is -2.15. The molecule has 0 saturated carbocycles. The van der Waals surface area contributed by atoms with Crippen molar-refractivity contribution in [2.24, 2.45) is 0 Å². The molecule has 0 fully saturated rings. The van der Waals surface area contributed by atoms with Crippen molar-refractivity contribution in [3.63, 3.8) is 0 Å². The van der Waals surface area contributed by atoms with E-state index in [9.17, 15) is 4.39 Å². The second-order valence-corrected chi connectivity index (χ2v) is 5.09. The Morgan fingerprint density at radius 2 is 2.10 bits per heavy atom. The number of ether oxygens (including phenoxy) is 1.